The first-order valence-corrected chi connectivity index (χ1v) is 11.2. The van der Waals surface area contributed by atoms with Crippen molar-refractivity contribution >= 4 is 34.2 Å². The minimum Gasteiger partial charge on any atom is -0.459 e. The van der Waals surface area contributed by atoms with Crippen LogP contribution < -0.4 is 10.6 Å². The van der Waals surface area contributed by atoms with E-state index in [1.807, 2.05) is 6.92 Å². The van der Waals surface area contributed by atoms with Crippen LogP contribution in [0.25, 0.3) is 0 Å². The average molecular weight is 435 g/mol. The molecule has 3 amide bonds. The van der Waals surface area contributed by atoms with Crippen molar-refractivity contribution in [2.24, 2.45) is 0 Å². The molecule has 0 fully saturated rings. The molecule has 0 aliphatic carbocycles. The Morgan fingerprint density at radius 3 is 2.67 bits per heavy atom. The van der Waals surface area contributed by atoms with Crippen molar-refractivity contribution in [2.45, 2.75) is 52.4 Å². The zero-order valence-corrected chi connectivity index (χ0v) is 18.4. The summed E-state index contributed by atoms with van der Waals surface area (Å²) in [6, 6.07) is 3.21. The van der Waals surface area contributed by atoms with Gasteiger partial charge in [0.2, 0.25) is 11.8 Å². The topological polar surface area (TPSA) is 105 Å². The van der Waals surface area contributed by atoms with E-state index in [1.165, 1.54) is 28.9 Å². The van der Waals surface area contributed by atoms with Crippen LogP contribution in [0, 0.1) is 0 Å². The molecule has 2 rings (SSSR count). The maximum Gasteiger partial charge on any atom is 0.290 e. The summed E-state index contributed by atoms with van der Waals surface area (Å²) in [5, 5.41) is 7.76. The van der Waals surface area contributed by atoms with Crippen molar-refractivity contribution in [1.82, 2.24) is 15.2 Å². The van der Waals surface area contributed by atoms with E-state index in [1.54, 1.807) is 17.5 Å². The molecule has 0 unspecified atom stereocenters. The Balaban J connectivity index is 1.80. The third-order valence-corrected chi connectivity index (χ3v) is 5.15. The highest BCUT2D eigenvalue weighted by atomic mass is 32.1. The molecule has 30 heavy (non-hydrogen) atoms. The summed E-state index contributed by atoms with van der Waals surface area (Å²) in [5.74, 6) is -0.543. The van der Waals surface area contributed by atoms with E-state index in [2.05, 4.69) is 22.5 Å². The second-order valence-electron chi connectivity index (χ2n) is 6.98. The summed E-state index contributed by atoms with van der Waals surface area (Å²) in [5.41, 5.74) is 0.610. The van der Waals surface area contributed by atoms with Gasteiger partial charge in [0, 0.05) is 18.5 Å². The van der Waals surface area contributed by atoms with Crippen LogP contribution in [0.3, 0.4) is 0 Å². The Morgan fingerprint density at radius 1 is 1.13 bits per heavy atom. The van der Waals surface area contributed by atoms with Gasteiger partial charge in [-0.25, -0.2) is 4.98 Å². The monoisotopic (exact) mass is 434 g/mol. The number of nitrogens with zero attached hydrogens (tertiary/aromatic N) is 2. The lowest BCUT2D eigenvalue weighted by atomic mass is 10.2. The Morgan fingerprint density at radius 2 is 1.97 bits per heavy atom. The smallest absolute Gasteiger partial charge is 0.290 e. The van der Waals surface area contributed by atoms with Crippen LogP contribution in [0.4, 0.5) is 5.13 Å². The molecule has 0 saturated carbocycles. The molecule has 2 aromatic rings. The summed E-state index contributed by atoms with van der Waals surface area (Å²) < 4.78 is 5.14. The molecule has 0 spiro atoms. The summed E-state index contributed by atoms with van der Waals surface area (Å²) in [6.07, 6.45) is 6.75. The fraction of sp³-hybridized carbons (Fsp3) is 0.524. The van der Waals surface area contributed by atoms with Crippen molar-refractivity contribution < 1.29 is 18.8 Å². The fourth-order valence-electron chi connectivity index (χ4n) is 2.86. The lowest BCUT2D eigenvalue weighted by Crippen LogP contribution is -2.38. The van der Waals surface area contributed by atoms with Crippen LogP contribution in [0.2, 0.25) is 0 Å². The van der Waals surface area contributed by atoms with Crippen molar-refractivity contribution in [3.63, 3.8) is 0 Å². The van der Waals surface area contributed by atoms with Gasteiger partial charge >= 0.3 is 0 Å². The molecule has 2 aromatic heterocycles. The molecule has 164 valence electrons. The van der Waals surface area contributed by atoms with E-state index in [0.717, 1.165) is 19.3 Å². The first kappa shape index (κ1) is 23.6. The lowest BCUT2D eigenvalue weighted by molar-refractivity contribution is -0.120. The van der Waals surface area contributed by atoms with Gasteiger partial charge in [-0.3, -0.25) is 14.4 Å². The highest BCUT2D eigenvalue weighted by molar-refractivity contribution is 7.13. The molecule has 0 atom stereocenters. The van der Waals surface area contributed by atoms with Gasteiger partial charge in [-0.1, -0.05) is 33.1 Å². The van der Waals surface area contributed by atoms with Gasteiger partial charge in [0.1, 0.15) is 6.54 Å². The predicted octanol–water partition coefficient (Wildman–Crippen LogP) is 3.47. The molecule has 0 aliphatic rings. The van der Waals surface area contributed by atoms with Gasteiger partial charge < -0.3 is 20.0 Å². The first-order valence-electron chi connectivity index (χ1n) is 10.4. The number of anilines is 1. The van der Waals surface area contributed by atoms with Crippen molar-refractivity contribution in [2.75, 3.05) is 25.0 Å². The third kappa shape index (κ3) is 7.98. The van der Waals surface area contributed by atoms with Crippen LogP contribution in [-0.4, -0.2) is 47.2 Å². The van der Waals surface area contributed by atoms with E-state index >= 15 is 0 Å². The minimum atomic E-state index is -0.343. The zero-order chi connectivity index (χ0) is 21.8. The molecule has 2 N–H and O–H groups in total. The summed E-state index contributed by atoms with van der Waals surface area (Å²) in [4.78, 5) is 42.6. The molecule has 0 radical (unpaired) electrons. The van der Waals surface area contributed by atoms with Crippen LogP contribution in [0.1, 0.15) is 62.2 Å². The number of thiazole rings is 1. The van der Waals surface area contributed by atoms with Crippen molar-refractivity contribution in [1.29, 1.82) is 0 Å². The van der Waals surface area contributed by atoms with Gasteiger partial charge in [-0.15, -0.1) is 11.3 Å². The van der Waals surface area contributed by atoms with E-state index in [9.17, 15) is 14.4 Å². The number of hydrogen-bond acceptors (Lipinski definition) is 6. The average Bonchev–Trinajstić information content (AvgIpc) is 3.39. The summed E-state index contributed by atoms with van der Waals surface area (Å²) in [7, 11) is 0. The number of carbonyl (C=O) groups is 3. The first-order chi connectivity index (χ1) is 14.5. The molecule has 9 heteroatoms. The highest BCUT2D eigenvalue weighted by Gasteiger charge is 2.21. The van der Waals surface area contributed by atoms with Gasteiger partial charge in [-0.2, -0.15) is 0 Å². The molecular formula is C21H30N4O4S. The summed E-state index contributed by atoms with van der Waals surface area (Å²) in [6.45, 7) is 5.09. The van der Waals surface area contributed by atoms with E-state index in [0.29, 0.717) is 30.3 Å². The second kappa shape index (κ2) is 12.8. The third-order valence-electron chi connectivity index (χ3n) is 4.34. The summed E-state index contributed by atoms with van der Waals surface area (Å²) >= 11 is 1.26. The molecule has 8 nitrogen and oxygen atoms in total. The number of furan rings is 1. The lowest BCUT2D eigenvalue weighted by Gasteiger charge is -2.20. The normalized spacial score (nSPS) is 10.6. The molecule has 0 saturated heterocycles. The number of nitrogens with one attached hydrogen (secondary N) is 2. The number of carbonyl (C=O) groups excluding carboxylic acids is 3. The Labute approximate surface area is 181 Å². The largest absolute Gasteiger partial charge is 0.459 e. The minimum absolute atomic E-state index is 0.0761. The number of amides is 3. The Bertz CT molecular complexity index is 804. The standard InChI is InChI=1S/C21H30N4O4S/c1-3-5-6-7-10-22-18(26)13-16-15-30-21(23-16)24-19(27)14-25(11-4-2)20(28)17-9-8-12-29-17/h8-9,12,15H,3-7,10-11,13-14H2,1-2H3,(H,22,26)(H,23,24,27). The van der Waals surface area contributed by atoms with Crippen molar-refractivity contribution in [3.05, 3.63) is 35.2 Å². The van der Waals surface area contributed by atoms with E-state index in [-0.39, 0.29) is 36.4 Å². The number of hydrogen-bond donors (Lipinski definition) is 2. The SMILES string of the molecule is CCCCCCNC(=O)Cc1csc(NC(=O)CN(CCC)C(=O)c2ccco2)n1. The van der Waals surface area contributed by atoms with Crippen molar-refractivity contribution in [3.8, 4) is 0 Å². The highest BCUT2D eigenvalue weighted by Crippen LogP contribution is 2.16. The molecule has 0 aromatic carbocycles. The quantitative estimate of drug-likeness (QED) is 0.470. The number of unbranched alkanes of at least 4 members (excludes halogenated alkanes) is 3. The van der Waals surface area contributed by atoms with Gasteiger partial charge in [0.15, 0.2) is 10.9 Å². The van der Waals surface area contributed by atoms with Gasteiger partial charge in [0.25, 0.3) is 5.91 Å². The van der Waals surface area contributed by atoms with E-state index in [4.69, 9.17) is 4.42 Å². The molecule has 0 aliphatic heterocycles. The van der Waals surface area contributed by atoms with Crippen LogP contribution >= 0.6 is 11.3 Å². The maximum atomic E-state index is 12.4. The Hall–Kier alpha value is -2.68. The second-order valence-corrected chi connectivity index (χ2v) is 7.84. The number of aromatic nitrogens is 1. The molecular weight excluding hydrogens is 404 g/mol. The molecule has 2 heterocycles. The fourth-order valence-corrected chi connectivity index (χ4v) is 3.59. The van der Waals surface area contributed by atoms with Gasteiger partial charge in [-0.05, 0) is 25.0 Å². The van der Waals surface area contributed by atoms with Crippen LogP contribution in [0.15, 0.2) is 28.2 Å². The van der Waals surface area contributed by atoms with Crippen LogP contribution in [-0.2, 0) is 16.0 Å². The van der Waals surface area contributed by atoms with Gasteiger partial charge in [0.05, 0.1) is 18.4 Å². The van der Waals surface area contributed by atoms with E-state index < -0.39 is 0 Å². The zero-order valence-electron chi connectivity index (χ0n) is 17.6. The number of rotatable bonds is 13. The van der Waals surface area contributed by atoms with Crippen LogP contribution in [0.5, 0.6) is 0 Å². The maximum absolute atomic E-state index is 12.4. The predicted molar refractivity (Wildman–Crippen MR) is 117 cm³/mol. The Kier molecular flexibility index (Phi) is 10.1. The molecule has 0 bridgehead atoms.